The number of allylic oxidation sites excluding steroid dienone is 2. The van der Waals surface area contributed by atoms with Gasteiger partial charge in [0.25, 0.3) is 0 Å². The maximum absolute atomic E-state index is 3.57. The Morgan fingerprint density at radius 1 is 1.11 bits per heavy atom. The first-order valence-electron chi connectivity index (χ1n) is 2.80. The van der Waals surface area contributed by atoms with Crippen molar-refractivity contribution in [1.29, 1.82) is 0 Å². The van der Waals surface area contributed by atoms with E-state index < -0.39 is 0 Å². The topological polar surface area (TPSA) is 0 Å². The minimum absolute atomic E-state index is 0.506. The molecule has 0 amide bonds. The zero-order valence-corrected chi connectivity index (χ0v) is 9.49. The van der Waals surface area contributed by atoms with Gasteiger partial charge in [-0.15, -0.1) is 0 Å². The molecule has 3 atom stereocenters. The summed E-state index contributed by atoms with van der Waals surface area (Å²) in [7, 11) is 0. The summed E-state index contributed by atoms with van der Waals surface area (Å²) in [6.07, 6.45) is 5.51. The Balaban J connectivity index is 2.54. The monoisotopic (exact) mass is 316 g/mol. The average Bonchev–Trinajstić information content (AvgIpc) is 1.80. The third kappa shape index (κ3) is 2.35. The molecule has 0 saturated carbocycles. The first-order valence-corrected chi connectivity index (χ1v) is 5.55. The second-order valence-corrected chi connectivity index (χ2v) is 5.51. The minimum Gasteiger partial charge on any atom is -0.0875 e. The van der Waals surface area contributed by atoms with Crippen LogP contribution in [0.2, 0.25) is 0 Å². The molecular weight excluding hydrogens is 312 g/mol. The summed E-state index contributed by atoms with van der Waals surface area (Å²) in [5, 5.41) is 0. The fourth-order valence-electron chi connectivity index (χ4n) is 0.771. The Hall–Kier alpha value is 1.18. The molecule has 0 N–H and O–H groups in total. The van der Waals surface area contributed by atoms with Gasteiger partial charge in [0.2, 0.25) is 0 Å². The van der Waals surface area contributed by atoms with Crippen LogP contribution in [0.15, 0.2) is 12.2 Å². The van der Waals surface area contributed by atoms with E-state index in [1.165, 1.54) is 0 Å². The standard InChI is InChI=1S/C6H7Br3/c7-4-1-2-5(8)6(9)3-4/h1-2,4-6H,3H2/t4-,5-,6+/m1/s1. The first kappa shape index (κ1) is 8.28. The summed E-state index contributed by atoms with van der Waals surface area (Å²) in [6.45, 7) is 0. The molecule has 0 aromatic rings. The van der Waals surface area contributed by atoms with Crippen LogP contribution < -0.4 is 0 Å². The van der Waals surface area contributed by atoms with Crippen molar-refractivity contribution in [3.8, 4) is 0 Å². The van der Waals surface area contributed by atoms with E-state index >= 15 is 0 Å². The molecule has 0 fully saturated rings. The van der Waals surface area contributed by atoms with Crippen LogP contribution in [0.1, 0.15) is 6.42 Å². The van der Waals surface area contributed by atoms with Crippen molar-refractivity contribution >= 4 is 47.8 Å². The third-order valence-electron chi connectivity index (χ3n) is 1.30. The predicted octanol–water partition coefficient (Wildman–Crippen LogP) is 3.24. The highest BCUT2D eigenvalue weighted by Gasteiger charge is 2.19. The number of hydrogen-bond donors (Lipinski definition) is 0. The van der Waals surface area contributed by atoms with Crippen molar-refractivity contribution in [3.05, 3.63) is 12.2 Å². The molecule has 0 aromatic heterocycles. The van der Waals surface area contributed by atoms with Crippen molar-refractivity contribution in [1.82, 2.24) is 0 Å². The summed E-state index contributed by atoms with van der Waals surface area (Å²) in [4.78, 5) is 1.63. The van der Waals surface area contributed by atoms with Gasteiger partial charge in [-0.3, -0.25) is 0 Å². The quantitative estimate of drug-likeness (QED) is 0.475. The molecular formula is C6H7Br3. The van der Waals surface area contributed by atoms with Crippen LogP contribution >= 0.6 is 47.8 Å². The van der Waals surface area contributed by atoms with Gasteiger partial charge in [0.15, 0.2) is 0 Å². The average molecular weight is 319 g/mol. The molecule has 52 valence electrons. The van der Waals surface area contributed by atoms with Crippen LogP contribution in [0.25, 0.3) is 0 Å². The Kier molecular flexibility index (Phi) is 3.25. The Morgan fingerprint density at radius 3 is 2.22 bits per heavy atom. The number of alkyl halides is 3. The third-order valence-corrected chi connectivity index (χ3v) is 4.57. The number of hydrogen-bond acceptors (Lipinski definition) is 0. The summed E-state index contributed by atoms with van der Waals surface area (Å²) in [5.41, 5.74) is 0. The van der Waals surface area contributed by atoms with E-state index in [4.69, 9.17) is 0 Å². The fourth-order valence-corrected chi connectivity index (χ4v) is 2.82. The molecule has 0 spiro atoms. The van der Waals surface area contributed by atoms with Gasteiger partial charge in [0.05, 0.1) is 0 Å². The molecule has 9 heavy (non-hydrogen) atoms. The zero-order valence-electron chi connectivity index (χ0n) is 4.73. The molecule has 1 aliphatic carbocycles. The van der Waals surface area contributed by atoms with Gasteiger partial charge < -0.3 is 0 Å². The normalized spacial score (nSPS) is 43.2. The van der Waals surface area contributed by atoms with E-state index in [9.17, 15) is 0 Å². The van der Waals surface area contributed by atoms with Crippen LogP contribution in [-0.4, -0.2) is 14.5 Å². The second kappa shape index (κ2) is 3.54. The first-order chi connectivity index (χ1) is 4.20. The van der Waals surface area contributed by atoms with Crippen LogP contribution in [0.3, 0.4) is 0 Å². The van der Waals surface area contributed by atoms with Gasteiger partial charge in [-0.1, -0.05) is 59.9 Å². The highest BCUT2D eigenvalue weighted by Crippen LogP contribution is 2.28. The van der Waals surface area contributed by atoms with Crippen LogP contribution in [0, 0.1) is 0 Å². The number of rotatable bonds is 0. The van der Waals surface area contributed by atoms with E-state index in [-0.39, 0.29) is 0 Å². The lowest BCUT2D eigenvalue weighted by atomic mass is 10.1. The van der Waals surface area contributed by atoms with E-state index in [0.717, 1.165) is 6.42 Å². The zero-order chi connectivity index (χ0) is 6.85. The molecule has 3 heteroatoms. The minimum atomic E-state index is 0.506. The second-order valence-electron chi connectivity index (χ2n) is 2.10. The van der Waals surface area contributed by atoms with Gasteiger partial charge in [0.1, 0.15) is 0 Å². The van der Waals surface area contributed by atoms with Crippen molar-refractivity contribution in [3.63, 3.8) is 0 Å². The molecule has 1 aliphatic rings. The highest BCUT2D eigenvalue weighted by atomic mass is 79.9. The smallest absolute Gasteiger partial charge is 0.0451 e. The predicted molar refractivity (Wildman–Crippen MR) is 51.9 cm³/mol. The van der Waals surface area contributed by atoms with Crippen molar-refractivity contribution in [2.24, 2.45) is 0 Å². The SMILES string of the molecule is Br[C@@H]1C=C[C@@H](Br)[C@@H](Br)C1. The molecule has 0 aliphatic heterocycles. The van der Waals surface area contributed by atoms with E-state index in [2.05, 4.69) is 59.9 Å². The van der Waals surface area contributed by atoms with E-state index in [1.54, 1.807) is 0 Å². The summed E-state index contributed by atoms with van der Waals surface area (Å²) in [5.74, 6) is 0. The van der Waals surface area contributed by atoms with Gasteiger partial charge in [0, 0.05) is 14.5 Å². The van der Waals surface area contributed by atoms with Crippen LogP contribution in [0.5, 0.6) is 0 Å². The van der Waals surface area contributed by atoms with Gasteiger partial charge in [-0.25, -0.2) is 0 Å². The molecule has 0 bridgehead atoms. The molecule has 0 nitrogen and oxygen atoms in total. The Bertz CT molecular complexity index is 121. The summed E-state index contributed by atoms with van der Waals surface area (Å²) in [6, 6.07) is 0. The highest BCUT2D eigenvalue weighted by molar-refractivity contribution is 9.12. The lowest BCUT2D eigenvalue weighted by Crippen LogP contribution is -2.19. The lowest BCUT2D eigenvalue weighted by Gasteiger charge is -2.20. The van der Waals surface area contributed by atoms with Crippen LogP contribution in [0.4, 0.5) is 0 Å². The van der Waals surface area contributed by atoms with Gasteiger partial charge >= 0.3 is 0 Å². The van der Waals surface area contributed by atoms with Crippen molar-refractivity contribution in [2.45, 2.75) is 20.9 Å². The van der Waals surface area contributed by atoms with E-state index in [1.807, 2.05) is 0 Å². The molecule has 0 heterocycles. The molecule has 0 unspecified atom stereocenters. The summed E-state index contributed by atoms with van der Waals surface area (Å²) < 4.78 is 0. The maximum atomic E-state index is 3.57. The van der Waals surface area contributed by atoms with Crippen LogP contribution in [-0.2, 0) is 0 Å². The molecule has 0 aromatic carbocycles. The summed E-state index contributed by atoms with van der Waals surface area (Å²) >= 11 is 10.6. The van der Waals surface area contributed by atoms with Crippen molar-refractivity contribution in [2.75, 3.05) is 0 Å². The maximum Gasteiger partial charge on any atom is 0.0451 e. The molecule has 1 rings (SSSR count). The number of halogens is 3. The van der Waals surface area contributed by atoms with Gasteiger partial charge in [-0.2, -0.15) is 0 Å². The Labute approximate surface area is 80.5 Å². The van der Waals surface area contributed by atoms with Gasteiger partial charge in [-0.05, 0) is 6.42 Å². The van der Waals surface area contributed by atoms with E-state index in [0.29, 0.717) is 14.5 Å². The molecule has 0 saturated heterocycles. The fraction of sp³-hybridized carbons (Fsp3) is 0.667. The Morgan fingerprint density at radius 2 is 1.78 bits per heavy atom. The lowest BCUT2D eigenvalue weighted by molar-refractivity contribution is 0.796. The van der Waals surface area contributed by atoms with Crippen molar-refractivity contribution < 1.29 is 0 Å². The largest absolute Gasteiger partial charge is 0.0875 e. The molecule has 0 radical (unpaired) electrons.